The molecule has 47 heavy (non-hydrogen) atoms. The van der Waals surface area contributed by atoms with Gasteiger partial charge in [0.2, 0.25) is 17.7 Å². The Morgan fingerprint density at radius 1 is 0.979 bits per heavy atom. The molecular formula is C30H52N4O10S3. The number of amides is 3. The highest BCUT2D eigenvalue weighted by molar-refractivity contribution is 8.47. The molecule has 1 aliphatic rings. The summed E-state index contributed by atoms with van der Waals surface area (Å²) < 4.78 is 22.1. The van der Waals surface area contributed by atoms with Gasteiger partial charge in [0.15, 0.2) is 12.6 Å². The first kappa shape index (κ1) is 43.4. The Kier molecular flexibility index (Phi) is 21.2. The van der Waals surface area contributed by atoms with Crippen LogP contribution in [0, 0.1) is 11.3 Å². The van der Waals surface area contributed by atoms with Gasteiger partial charge in [-0.2, -0.15) is 5.26 Å². The number of aliphatic hydroxyl groups excluding tert-OH is 3. The maximum atomic E-state index is 12.4. The topological polar surface area (TPSA) is 209 Å². The van der Waals surface area contributed by atoms with E-state index < -0.39 is 47.1 Å². The number of rotatable bonds is 22. The number of hydrogen-bond donors (Lipinski definition) is 6. The van der Waals surface area contributed by atoms with Crippen molar-refractivity contribution in [3.05, 3.63) is 0 Å². The molecule has 3 amide bonds. The molecule has 17 heteroatoms. The van der Waals surface area contributed by atoms with Gasteiger partial charge in [0.1, 0.15) is 26.5 Å². The van der Waals surface area contributed by atoms with Crippen LogP contribution in [0.15, 0.2) is 0 Å². The lowest BCUT2D eigenvalue weighted by Crippen LogP contribution is -2.63. The predicted octanol–water partition coefficient (Wildman–Crippen LogP) is 1.34. The van der Waals surface area contributed by atoms with E-state index in [0.717, 1.165) is 5.75 Å². The zero-order valence-electron chi connectivity index (χ0n) is 28.0. The van der Waals surface area contributed by atoms with Crippen LogP contribution in [0.3, 0.4) is 0 Å². The van der Waals surface area contributed by atoms with Gasteiger partial charge in [0, 0.05) is 33.0 Å². The number of nitriles is 1. The quantitative estimate of drug-likeness (QED) is 0.0688. The summed E-state index contributed by atoms with van der Waals surface area (Å²) in [5, 5.41) is 47.3. The Hall–Kier alpha value is -1.59. The van der Waals surface area contributed by atoms with E-state index in [4.69, 9.17) is 31.2 Å². The van der Waals surface area contributed by atoms with Gasteiger partial charge in [0.05, 0.1) is 37.9 Å². The Morgan fingerprint density at radius 2 is 1.68 bits per heavy atom. The molecule has 1 aliphatic heterocycles. The van der Waals surface area contributed by atoms with Crippen molar-refractivity contribution >= 4 is 57.0 Å². The Balaban J connectivity index is 2.14. The highest BCUT2D eigenvalue weighted by Crippen LogP contribution is 2.34. The minimum absolute atomic E-state index is 0.151. The van der Waals surface area contributed by atoms with E-state index in [9.17, 15) is 35.0 Å². The molecule has 0 bridgehead atoms. The largest absolute Gasteiger partial charge is 0.388 e. The lowest BCUT2D eigenvalue weighted by Gasteiger charge is -2.40. The van der Waals surface area contributed by atoms with Crippen LogP contribution < -0.4 is 16.0 Å². The first-order valence-corrected chi connectivity index (χ1v) is 17.9. The molecule has 1 rings (SSSR count). The number of thiocarbonyl (C=S) groups is 1. The third kappa shape index (κ3) is 18.7. The standard InChI is InChI=1S/C30H52N4O10S3/c1-6-46-28(45)47-30(5,19-31)11-10-21(36)33-13-15-41-16-17-43-29(3,4)18-22(37)32-12-8-7-9-14-42-27-23(34-20(2)35)24(38)25(39)26(40)44-27/h23-27,38-40H,6-18H2,1-5H3,(H,32,37)(H,33,36)(H,34,35)/t23-,24-,25-,26+,27-,30?/m1/s1. The van der Waals surface area contributed by atoms with Gasteiger partial charge in [-0.05, 0) is 52.2 Å². The first-order valence-electron chi connectivity index (χ1n) is 15.7. The van der Waals surface area contributed by atoms with Gasteiger partial charge >= 0.3 is 0 Å². The fraction of sp³-hybridized carbons (Fsp3) is 0.833. The van der Waals surface area contributed by atoms with Crippen LogP contribution in [0.1, 0.15) is 73.1 Å². The summed E-state index contributed by atoms with van der Waals surface area (Å²) in [7, 11) is 0. The van der Waals surface area contributed by atoms with Gasteiger partial charge in [-0.3, -0.25) is 14.4 Å². The van der Waals surface area contributed by atoms with Crippen molar-refractivity contribution in [2.75, 3.05) is 45.3 Å². The van der Waals surface area contributed by atoms with Gasteiger partial charge in [-0.25, -0.2) is 0 Å². The summed E-state index contributed by atoms with van der Waals surface area (Å²) in [6, 6.07) is 1.23. The van der Waals surface area contributed by atoms with Crippen LogP contribution >= 0.6 is 35.7 Å². The van der Waals surface area contributed by atoms with E-state index in [0.29, 0.717) is 55.5 Å². The van der Waals surface area contributed by atoms with Crippen molar-refractivity contribution in [3.63, 3.8) is 0 Å². The number of ether oxygens (including phenoxy) is 4. The number of aliphatic hydroxyl groups is 3. The molecule has 1 heterocycles. The molecule has 0 spiro atoms. The Bertz CT molecular complexity index is 1030. The SMILES string of the molecule is CCSC(=S)SC(C)(C#N)CCC(=O)NCCOCCOC(C)(C)CC(=O)NCCCCCO[C@@H]1O[C@H](O)[C@H](O)[C@H](O)[C@H]1NC(C)=O. The zero-order chi connectivity index (χ0) is 35.5. The number of carbonyl (C=O) groups is 3. The predicted molar refractivity (Wildman–Crippen MR) is 183 cm³/mol. The summed E-state index contributed by atoms with van der Waals surface area (Å²) in [6.07, 6.45) is -3.02. The summed E-state index contributed by atoms with van der Waals surface area (Å²) in [6.45, 7) is 10.6. The number of nitrogens with zero attached hydrogens (tertiary/aromatic N) is 1. The fourth-order valence-electron chi connectivity index (χ4n) is 4.35. The van der Waals surface area contributed by atoms with Crippen molar-refractivity contribution in [3.8, 4) is 6.07 Å². The lowest BCUT2D eigenvalue weighted by atomic mass is 10.0. The molecule has 0 aromatic rings. The maximum absolute atomic E-state index is 12.4. The lowest BCUT2D eigenvalue weighted by molar-refractivity contribution is -0.315. The van der Waals surface area contributed by atoms with Crippen molar-refractivity contribution in [2.45, 2.75) is 114 Å². The molecule has 1 unspecified atom stereocenters. The minimum Gasteiger partial charge on any atom is -0.388 e. The highest BCUT2D eigenvalue weighted by Gasteiger charge is 2.45. The van der Waals surface area contributed by atoms with Crippen LogP contribution in [-0.2, 0) is 33.3 Å². The smallest absolute Gasteiger partial charge is 0.222 e. The molecule has 0 radical (unpaired) electrons. The summed E-state index contributed by atoms with van der Waals surface area (Å²) >= 11 is 8.11. The second-order valence-corrected chi connectivity index (χ2v) is 15.7. The van der Waals surface area contributed by atoms with Crippen molar-refractivity contribution in [2.24, 2.45) is 0 Å². The van der Waals surface area contributed by atoms with Crippen LogP contribution in [0.25, 0.3) is 0 Å². The van der Waals surface area contributed by atoms with Gasteiger partial charge in [0.25, 0.3) is 0 Å². The number of hydrogen-bond acceptors (Lipinski definition) is 14. The molecule has 270 valence electrons. The van der Waals surface area contributed by atoms with Gasteiger partial charge in [-0.15, -0.1) is 11.8 Å². The number of nitrogens with one attached hydrogen (secondary N) is 3. The van der Waals surface area contributed by atoms with E-state index in [2.05, 4.69) is 22.0 Å². The van der Waals surface area contributed by atoms with Crippen LogP contribution in [-0.4, -0.2) is 123 Å². The summed E-state index contributed by atoms with van der Waals surface area (Å²) in [5.74, 6) is 0.0870. The van der Waals surface area contributed by atoms with Crippen LogP contribution in [0.2, 0.25) is 0 Å². The van der Waals surface area contributed by atoms with Crippen molar-refractivity contribution in [1.82, 2.24) is 16.0 Å². The number of thioether (sulfide) groups is 2. The average molecular weight is 725 g/mol. The Morgan fingerprint density at radius 3 is 2.34 bits per heavy atom. The van der Waals surface area contributed by atoms with Gasteiger partial charge in [-0.1, -0.05) is 30.9 Å². The molecule has 0 aromatic heterocycles. The fourth-order valence-corrected chi connectivity index (χ4v) is 7.25. The van der Waals surface area contributed by atoms with E-state index in [-0.39, 0.29) is 37.9 Å². The summed E-state index contributed by atoms with van der Waals surface area (Å²) in [4.78, 5) is 36.0. The molecule has 1 saturated heterocycles. The number of carbonyl (C=O) groups excluding carboxylic acids is 3. The maximum Gasteiger partial charge on any atom is 0.222 e. The van der Waals surface area contributed by atoms with E-state index >= 15 is 0 Å². The second kappa shape index (κ2) is 22.9. The molecule has 14 nitrogen and oxygen atoms in total. The molecule has 0 aromatic carbocycles. The van der Waals surface area contributed by atoms with Crippen molar-refractivity contribution in [1.29, 1.82) is 5.26 Å². The van der Waals surface area contributed by atoms with E-state index in [1.807, 2.05) is 20.8 Å². The third-order valence-corrected chi connectivity index (χ3v) is 9.53. The first-order chi connectivity index (χ1) is 22.1. The normalized spacial score (nSPS) is 22.5. The van der Waals surface area contributed by atoms with Crippen molar-refractivity contribution < 1.29 is 48.7 Å². The molecular weight excluding hydrogens is 673 g/mol. The Labute approximate surface area is 291 Å². The van der Waals surface area contributed by atoms with Gasteiger partial charge < -0.3 is 50.2 Å². The van der Waals surface area contributed by atoms with Crippen LogP contribution in [0.4, 0.5) is 0 Å². The third-order valence-electron chi connectivity index (χ3n) is 6.88. The molecule has 6 atom stereocenters. The molecule has 0 saturated carbocycles. The zero-order valence-corrected chi connectivity index (χ0v) is 30.4. The number of unbranched alkanes of at least 4 members (excludes halogenated alkanes) is 2. The molecule has 0 aliphatic carbocycles. The average Bonchev–Trinajstić information content (AvgIpc) is 2.99. The van der Waals surface area contributed by atoms with E-state index in [1.165, 1.54) is 30.4 Å². The molecule has 6 N–H and O–H groups in total. The second-order valence-electron chi connectivity index (χ2n) is 11.8. The summed E-state index contributed by atoms with van der Waals surface area (Å²) in [5.41, 5.74) is -0.702. The minimum atomic E-state index is -1.64. The highest BCUT2D eigenvalue weighted by atomic mass is 32.2. The van der Waals surface area contributed by atoms with E-state index in [1.54, 1.807) is 6.92 Å². The monoisotopic (exact) mass is 724 g/mol. The van der Waals surface area contributed by atoms with Crippen LogP contribution in [0.5, 0.6) is 0 Å². The molecule has 1 fully saturated rings.